The third kappa shape index (κ3) is 4.10. The van der Waals surface area contributed by atoms with Crippen LogP contribution in [0.2, 0.25) is 0 Å². The van der Waals surface area contributed by atoms with Crippen LogP contribution in [-0.2, 0) is 6.42 Å². The minimum Gasteiger partial charge on any atom is -0.497 e. The topological polar surface area (TPSA) is 46.5 Å². The molecule has 0 radical (unpaired) electrons. The van der Waals surface area contributed by atoms with Gasteiger partial charge in [-0.25, -0.2) is 4.98 Å². The largest absolute Gasteiger partial charge is 0.497 e. The fourth-order valence-corrected chi connectivity index (χ4v) is 1.66. The third-order valence-electron chi connectivity index (χ3n) is 2.65. The molecular formula is C15H17N3O. The van der Waals surface area contributed by atoms with E-state index in [2.05, 4.69) is 15.5 Å². The number of methoxy groups -OCH3 is 1. The molecule has 1 aromatic heterocycles. The maximum atomic E-state index is 5.13. The van der Waals surface area contributed by atoms with Crippen molar-refractivity contribution in [2.24, 2.45) is 5.10 Å². The molecule has 0 aliphatic heterocycles. The van der Waals surface area contributed by atoms with Crippen molar-refractivity contribution in [1.82, 2.24) is 4.98 Å². The number of hydrogen-bond acceptors (Lipinski definition) is 4. The highest BCUT2D eigenvalue weighted by molar-refractivity contribution is 5.84. The molecule has 0 saturated heterocycles. The summed E-state index contributed by atoms with van der Waals surface area (Å²) in [5, 5.41) is 4.31. The molecule has 19 heavy (non-hydrogen) atoms. The Bertz CT molecular complexity index is 535. The van der Waals surface area contributed by atoms with Gasteiger partial charge < -0.3 is 4.74 Å². The minimum absolute atomic E-state index is 0.747. The van der Waals surface area contributed by atoms with Crippen molar-refractivity contribution in [2.75, 3.05) is 12.5 Å². The molecule has 0 fully saturated rings. The van der Waals surface area contributed by atoms with E-state index in [1.54, 1.807) is 13.3 Å². The molecule has 0 spiro atoms. The lowest BCUT2D eigenvalue weighted by atomic mass is 10.1. The Morgan fingerprint density at radius 1 is 1.21 bits per heavy atom. The Morgan fingerprint density at radius 2 is 2.00 bits per heavy atom. The molecule has 1 aromatic carbocycles. The minimum atomic E-state index is 0.747. The maximum Gasteiger partial charge on any atom is 0.146 e. The SMILES string of the molecule is COc1ccc(C/C(C)=N\Nc2ccccn2)cc1. The lowest BCUT2D eigenvalue weighted by molar-refractivity contribution is 0.414. The lowest BCUT2D eigenvalue weighted by Crippen LogP contribution is -2.02. The molecule has 0 aliphatic carbocycles. The van der Waals surface area contributed by atoms with Gasteiger partial charge in [0, 0.05) is 18.3 Å². The van der Waals surface area contributed by atoms with E-state index in [-0.39, 0.29) is 0 Å². The van der Waals surface area contributed by atoms with E-state index >= 15 is 0 Å². The molecule has 0 saturated carbocycles. The number of rotatable bonds is 5. The predicted molar refractivity (Wildman–Crippen MR) is 77.7 cm³/mol. The van der Waals surface area contributed by atoms with Gasteiger partial charge in [0.15, 0.2) is 0 Å². The normalized spacial score (nSPS) is 11.2. The standard InChI is InChI=1S/C15H17N3O/c1-12(17-18-15-5-3-4-10-16-15)11-13-6-8-14(19-2)9-7-13/h3-10H,11H2,1-2H3,(H,16,18)/b17-12-. The van der Waals surface area contributed by atoms with Crippen LogP contribution in [0.1, 0.15) is 12.5 Å². The summed E-state index contributed by atoms with van der Waals surface area (Å²) in [7, 11) is 1.67. The van der Waals surface area contributed by atoms with Crippen LogP contribution in [0.4, 0.5) is 5.82 Å². The molecule has 0 aliphatic rings. The quantitative estimate of drug-likeness (QED) is 0.659. The van der Waals surface area contributed by atoms with Crippen LogP contribution in [0.3, 0.4) is 0 Å². The first-order valence-corrected chi connectivity index (χ1v) is 6.11. The van der Waals surface area contributed by atoms with Gasteiger partial charge in [0.25, 0.3) is 0 Å². The van der Waals surface area contributed by atoms with Gasteiger partial charge in [-0.15, -0.1) is 0 Å². The Balaban J connectivity index is 1.94. The number of ether oxygens (including phenoxy) is 1. The first kappa shape index (κ1) is 13.1. The molecule has 4 heteroatoms. The van der Waals surface area contributed by atoms with Gasteiger partial charge in [-0.05, 0) is 36.8 Å². The van der Waals surface area contributed by atoms with E-state index in [1.165, 1.54) is 5.56 Å². The van der Waals surface area contributed by atoms with Gasteiger partial charge in [-0.3, -0.25) is 5.43 Å². The summed E-state index contributed by atoms with van der Waals surface area (Å²) in [5.41, 5.74) is 5.13. The maximum absolute atomic E-state index is 5.13. The van der Waals surface area contributed by atoms with E-state index in [0.717, 1.165) is 23.7 Å². The molecule has 0 amide bonds. The van der Waals surface area contributed by atoms with E-state index in [4.69, 9.17) is 4.74 Å². The van der Waals surface area contributed by atoms with Crippen LogP contribution < -0.4 is 10.2 Å². The van der Waals surface area contributed by atoms with E-state index in [9.17, 15) is 0 Å². The molecule has 1 heterocycles. The highest BCUT2D eigenvalue weighted by Gasteiger charge is 1.98. The van der Waals surface area contributed by atoms with Crippen molar-refractivity contribution >= 4 is 11.5 Å². The van der Waals surface area contributed by atoms with E-state index in [0.29, 0.717) is 0 Å². The summed E-state index contributed by atoms with van der Waals surface area (Å²) >= 11 is 0. The van der Waals surface area contributed by atoms with E-state index in [1.807, 2.05) is 49.4 Å². The smallest absolute Gasteiger partial charge is 0.146 e. The van der Waals surface area contributed by atoms with Gasteiger partial charge in [-0.2, -0.15) is 5.10 Å². The Hall–Kier alpha value is -2.36. The molecular weight excluding hydrogens is 238 g/mol. The Kier molecular flexibility index (Phi) is 4.50. The molecule has 0 atom stereocenters. The van der Waals surface area contributed by atoms with Gasteiger partial charge in [0.2, 0.25) is 0 Å². The molecule has 98 valence electrons. The van der Waals surface area contributed by atoms with Crippen LogP contribution in [0.15, 0.2) is 53.8 Å². The number of hydrazone groups is 1. The van der Waals surface area contributed by atoms with Crippen molar-refractivity contribution in [1.29, 1.82) is 0 Å². The second-order valence-electron chi connectivity index (χ2n) is 4.20. The number of benzene rings is 1. The van der Waals surface area contributed by atoms with E-state index < -0.39 is 0 Å². The number of pyridine rings is 1. The van der Waals surface area contributed by atoms with Crippen molar-refractivity contribution in [3.8, 4) is 5.75 Å². The second kappa shape index (κ2) is 6.54. The highest BCUT2D eigenvalue weighted by Crippen LogP contribution is 2.12. The summed E-state index contributed by atoms with van der Waals surface area (Å²) in [6.07, 6.45) is 2.53. The first-order valence-electron chi connectivity index (χ1n) is 6.11. The van der Waals surface area contributed by atoms with Crippen molar-refractivity contribution in [3.05, 3.63) is 54.2 Å². The summed E-state index contributed by atoms with van der Waals surface area (Å²) < 4.78 is 5.13. The average Bonchev–Trinajstić information content (AvgIpc) is 2.47. The lowest BCUT2D eigenvalue weighted by Gasteiger charge is -2.04. The number of nitrogens with zero attached hydrogens (tertiary/aromatic N) is 2. The number of nitrogens with one attached hydrogen (secondary N) is 1. The summed E-state index contributed by atoms with van der Waals surface area (Å²) in [6.45, 7) is 1.99. The van der Waals surface area contributed by atoms with Crippen LogP contribution in [0.5, 0.6) is 5.75 Å². The fourth-order valence-electron chi connectivity index (χ4n) is 1.66. The first-order chi connectivity index (χ1) is 9.28. The van der Waals surface area contributed by atoms with Crippen LogP contribution in [0, 0.1) is 0 Å². The number of anilines is 1. The Morgan fingerprint density at radius 3 is 2.63 bits per heavy atom. The van der Waals surface area contributed by atoms with Gasteiger partial charge >= 0.3 is 0 Å². The van der Waals surface area contributed by atoms with Crippen molar-refractivity contribution in [2.45, 2.75) is 13.3 Å². The van der Waals surface area contributed by atoms with Crippen LogP contribution in [0.25, 0.3) is 0 Å². The van der Waals surface area contributed by atoms with Gasteiger partial charge in [-0.1, -0.05) is 18.2 Å². The fraction of sp³-hybridized carbons (Fsp3) is 0.200. The molecule has 0 bridgehead atoms. The Labute approximate surface area is 113 Å². The van der Waals surface area contributed by atoms with Gasteiger partial charge in [0.1, 0.15) is 11.6 Å². The van der Waals surface area contributed by atoms with Crippen molar-refractivity contribution in [3.63, 3.8) is 0 Å². The molecule has 2 aromatic rings. The summed E-state index contributed by atoms with van der Waals surface area (Å²) in [6, 6.07) is 13.7. The monoisotopic (exact) mass is 255 g/mol. The highest BCUT2D eigenvalue weighted by atomic mass is 16.5. The van der Waals surface area contributed by atoms with Crippen molar-refractivity contribution < 1.29 is 4.74 Å². The summed E-state index contributed by atoms with van der Waals surface area (Å²) in [5.74, 6) is 1.61. The number of aromatic nitrogens is 1. The van der Waals surface area contributed by atoms with Crippen LogP contribution in [-0.4, -0.2) is 17.8 Å². The van der Waals surface area contributed by atoms with Crippen LogP contribution >= 0.6 is 0 Å². The molecule has 4 nitrogen and oxygen atoms in total. The molecule has 0 unspecified atom stereocenters. The number of hydrogen-bond donors (Lipinski definition) is 1. The van der Waals surface area contributed by atoms with Gasteiger partial charge in [0.05, 0.1) is 7.11 Å². The zero-order chi connectivity index (χ0) is 13.5. The zero-order valence-corrected chi connectivity index (χ0v) is 11.1. The summed E-state index contributed by atoms with van der Waals surface area (Å²) in [4.78, 5) is 4.15. The predicted octanol–water partition coefficient (Wildman–Crippen LogP) is 3.12. The molecule has 1 N–H and O–H groups in total. The zero-order valence-electron chi connectivity index (χ0n) is 11.1. The molecule has 2 rings (SSSR count). The third-order valence-corrected chi connectivity index (χ3v) is 2.65. The average molecular weight is 255 g/mol. The second-order valence-corrected chi connectivity index (χ2v) is 4.20.